The molecule has 214 valence electrons. The number of hydrogen-bond acceptors (Lipinski definition) is 8. The van der Waals surface area contributed by atoms with Gasteiger partial charge in [0.05, 0.1) is 37.4 Å². The average molecular weight is 557 g/mol. The fourth-order valence-electron chi connectivity index (χ4n) is 5.53. The van der Waals surface area contributed by atoms with E-state index in [9.17, 15) is 4.79 Å². The van der Waals surface area contributed by atoms with Crippen LogP contribution in [0.1, 0.15) is 24.4 Å². The van der Waals surface area contributed by atoms with Crippen LogP contribution >= 0.6 is 0 Å². The Kier molecular flexibility index (Phi) is 8.36. The van der Waals surface area contributed by atoms with E-state index < -0.39 is 0 Å². The summed E-state index contributed by atoms with van der Waals surface area (Å²) in [6, 6.07) is 18.0. The number of aliphatic hydroxyl groups is 1. The molecule has 0 atom stereocenters. The van der Waals surface area contributed by atoms with Crippen LogP contribution in [0.2, 0.25) is 0 Å². The zero-order chi connectivity index (χ0) is 28.0. The highest BCUT2D eigenvalue weighted by Crippen LogP contribution is 2.32. The summed E-state index contributed by atoms with van der Waals surface area (Å²) in [7, 11) is 0. The van der Waals surface area contributed by atoms with Crippen LogP contribution < -0.4 is 15.5 Å². The third kappa shape index (κ3) is 6.32. The molecule has 0 radical (unpaired) electrons. The van der Waals surface area contributed by atoms with Crippen molar-refractivity contribution in [2.24, 2.45) is 0 Å². The summed E-state index contributed by atoms with van der Waals surface area (Å²) in [5.41, 5.74) is 3.69. The number of aromatic nitrogens is 4. The Hall–Kier alpha value is -4.06. The first kappa shape index (κ1) is 27.1. The highest BCUT2D eigenvalue weighted by molar-refractivity contribution is 5.90. The first-order valence-corrected chi connectivity index (χ1v) is 14.3. The smallest absolute Gasteiger partial charge is 0.319 e. The highest BCUT2D eigenvalue weighted by Gasteiger charge is 2.26. The van der Waals surface area contributed by atoms with Gasteiger partial charge in [0.25, 0.3) is 0 Å². The van der Waals surface area contributed by atoms with Gasteiger partial charge in [0.1, 0.15) is 5.82 Å². The average Bonchev–Trinajstić information content (AvgIpc) is 3.45. The molecule has 0 spiro atoms. The maximum atomic E-state index is 12.0. The molecule has 0 bridgehead atoms. The van der Waals surface area contributed by atoms with E-state index in [0.717, 1.165) is 68.0 Å². The lowest BCUT2D eigenvalue weighted by atomic mass is 10.0. The second-order valence-corrected chi connectivity index (χ2v) is 10.5. The van der Waals surface area contributed by atoms with Crippen LogP contribution in [-0.4, -0.2) is 88.3 Å². The Bertz CT molecular complexity index is 1450. The lowest BCUT2D eigenvalue weighted by Gasteiger charge is -2.32. The van der Waals surface area contributed by atoms with Crippen molar-refractivity contribution in [3.63, 3.8) is 0 Å². The van der Waals surface area contributed by atoms with Crippen LogP contribution in [-0.2, 0) is 11.3 Å². The van der Waals surface area contributed by atoms with Crippen LogP contribution in [0.3, 0.4) is 0 Å². The molecule has 0 saturated carbocycles. The zero-order valence-corrected chi connectivity index (χ0v) is 23.1. The molecule has 2 aliphatic rings. The van der Waals surface area contributed by atoms with E-state index in [4.69, 9.17) is 24.9 Å². The molecule has 4 heterocycles. The summed E-state index contributed by atoms with van der Waals surface area (Å²) in [5, 5.41) is 20.1. The fourth-order valence-corrected chi connectivity index (χ4v) is 5.53. The second kappa shape index (κ2) is 12.6. The molecule has 2 saturated heterocycles. The number of rotatable bonds is 8. The van der Waals surface area contributed by atoms with Crippen molar-refractivity contribution in [1.82, 2.24) is 30.0 Å². The number of carbonyl (C=O) groups excluding carboxylic acids is 1. The van der Waals surface area contributed by atoms with Gasteiger partial charge in [-0.25, -0.2) is 19.4 Å². The molecule has 41 heavy (non-hydrogen) atoms. The molecular formula is C30H36N8O3. The molecule has 4 aromatic rings. The minimum Gasteiger partial charge on any atom is -0.395 e. The summed E-state index contributed by atoms with van der Waals surface area (Å²) in [6.45, 7) is 5.92. The lowest BCUT2D eigenvalue weighted by Crippen LogP contribution is -2.37. The Morgan fingerprint density at radius 1 is 0.976 bits per heavy atom. The molecule has 2 aliphatic heterocycles. The maximum Gasteiger partial charge on any atom is 0.319 e. The molecule has 0 aliphatic carbocycles. The van der Waals surface area contributed by atoms with Crippen molar-refractivity contribution >= 4 is 28.6 Å². The van der Waals surface area contributed by atoms with Gasteiger partial charge >= 0.3 is 6.03 Å². The fraction of sp³-hybridized carbons (Fsp3) is 0.400. The van der Waals surface area contributed by atoms with Crippen molar-refractivity contribution in [2.75, 3.05) is 62.8 Å². The minimum atomic E-state index is -0.363. The van der Waals surface area contributed by atoms with E-state index in [-0.39, 0.29) is 25.2 Å². The SMILES string of the molecule is O=C(NCCO)Nc1ccc(-c2nc(N3CCOCC3)c3cnn(C4CCN(Cc5ccccc5)CC4)c3n2)cc1. The summed E-state index contributed by atoms with van der Waals surface area (Å²) >= 11 is 0. The highest BCUT2D eigenvalue weighted by atomic mass is 16.5. The first-order valence-electron chi connectivity index (χ1n) is 14.3. The van der Waals surface area contributed by atoms with Gasteiger partial charge in [-0.05, 0) is 42.7 Å². The molecule has 11 nitrogen and oxygen atoms in total. The number of hydrogen-bond donors (Lipinski definition) is 3. The van der Waals surface area contributed by atoms with Crippen LogP contribution in [0, 0.1) is 0 Å². The number of ether oxygens (including phenoxy) is 1. The van der Waals surface area contributed by atoms with Crippen molar-refractivity contribution in [2.45, 2.75) is 25.4 Å². The molecule has 2 fully saturated rings. The van der Waals surface area contributed by atoms with Gasteiger partial charge in [0.15, 0.2) is 11.5 Å². The third-order valence-corrected chi connectivity index (χ3v) is 7.69. The number of carbonyl (C=O) groups is 1. The maximum absolute atomic E-state index is 12.0. The molecule has 2 amide bonds. The number of nitrogens with zero attached hydrogens (tertiary/aromatic N) is 6. The van der Waals surface area contributed by atoms with Crippen molar-refractivity contribution in [3.8, 4) is 11.4 Å². The van der Waals surface area contributed by atoms with Crippen molar-refractivity contribution in [1.29, 1.82) is 0 Å². The lowest BCUT2D eigenvalue weighted by molar-refractivity contribution is 0.122. The van der Waals surface area contributed by atoms with Gasteiger partial charge in [0.2, 0.25) is 0 Å². The van der Waals surface area contributed by atoms with E-state index in [1.165, 1.54) is 5.56 Å². The summed E-state index contributed by atoms with van der Waals surface area (Å²) in [6.07, 6.45) is 3.93. The molecule has 6 rings (SSSR count). The van der Waals surface area contributed by atoms with E-state index in [0.29, 0.717) is 24.7 Å². The van der Waals surface area contributed by atoms with E-state index >= 15 is 0 Å². The summed E-state index contributed by atoms with van der Waals surface area (Å²) in [4.78, 5) is 26.8. The van der Waals surface area contributed by atoms with Gasteiger partial charge in [0, 0.05) is 50.5 Å². The molecule has 11 heteroatoms. The number of aliphatic hydroxyl groups excluding tert-OH is 1. The van der Waals surface area contributed by atoms with Crippen LogP contribution in [0.25, 0.3) is 22.4 Å². The minimum absolute atomic E-state index is 0.110. The molecule has 2 aromatic heterocycles. The largest absolute Gasteiger partial charge is 0.395 e. The standard InChI is InChI=1S/C30H36N8O3/c39-17-12-31-30(40)33-24-8-6-23(7-9-24)27-34-28(37-15-18-41-19-16-37)26-20-32-38(29(26)35-27)25-10-13-36(14-11-25)21-22-4-2-1-3-5-22/h1-9,20,25,39H,10-19,21H2,(H2,31,33,40). The zero-order valence-electron chi connectivity index (χ0n) is 23.1. The number of benzene rings is 2. The topological polar surface area (TPSA) is 121 Å². The Balaban J connectivity index is 1.26. The number of anilines is 2. The monoisotopic (exact) mass is 556 g/mol. The molecule has 0 unspecified atom stereocenters. The van der Waals surface area contributed by atoms with Crippen LogP contribution in [0.15, 0.2) is 60.8 Å². The van der Waals surface area contributed by atoms with Gasteiger partial charge in [-0.2, -0.15) is 5.10 Å². The number of piperidine rings is 1. The number of urea groups is 1. The van der Waals surface area contributed by atoms with Gasteiger partial charge < -0.3 is 25.4 Å². The number of likely N-dealkylation sites (tertiary alicyclic amines) is 1. The number of nitrogens with one attached hydrogen (secondary N) is 2. The Morgan fingerprint density at radius 2 is 1.73 bits per heavy atom. The third-order valence-electron chi connectivity index (χ3n) is 7.69. The Morgan fingerprint density at radius 3 is 2.46 bits per heavy atom. The van der Waals surface area contributed by atoms with Crippen molar-refractivity contribution < 1.29 is 14.6 Å². The van der Waals surface area contributed by atoms with Gasteiger partial charge in [-0.1, -0.05) is 30.3 Å². The predicted octanol–water partition coefficient (Wildman–Crippen LogP) is 3.28. The Labute approximate surface area is 239 Å². The molecular weight excluding hydrogens is 520 g/mol. The molecule has 3 N–H and O–H groups in total. The predicted molar refractivity (Wildman–Crippen MR) is 158 cm³/mol. The number of morpholine rings is 1. The van der Waals surface area contributed by atoms with Crippen molar-refractivity contribution in [3.05, 3.63) is 66.4 Å². The number of fused-ring (bicyclic) bond motifs is 1. The van der Waals surface area contributed by atoms with E-state index in [1.54, 1.807) is 0 Å². The van der Waals surface area contributed by atoms with Gasteiger partial charge in [-0.15, -0.1) is 0 Å². The normalized spacial score (nSPS) is 16.7. The summed E-state index contributed by atoms with van der Waals surface area (Å²) < 4.78 is 7.71. The first-order chi connectivity index (χ1) is 20.2. The summed E-state index contributed by atoms with van der Waals surface area (Å²) in [5.74, 6) is 1.50. The van der Waals surface area contributed by atoms with E-state index in [1.807, 2.05) is 30.5 Å². The van der Waals surface area contributed by atoms with Gasteiger partial charge in [-0.3, -0.25) is 4.90 Å². The molecule has 2 aromatic carbocycles. The van der Waals surface area contributed by atoms with E-state index in [2.05, 4.69) is 55.4 Å². The van der Waals surface area contributed by atoms with Crippen LogP contribution in [0.4, 0.5) is 16.3 Å². The second-order valence-electron chi connectivity index (χ2n) is 10.5. The number of amides is 2. The van der Waals surface area contributed by atoms with Crippen LogP contribution in [0.5, 0.6) is 0 Å². The quantitative estimate of drug-likeness (QED) is 0.303.